The van der Waals surface area contributed by atoms with Crippen LogP contribution in [0.25, 0.3) is 11.0 Å². The Bertz CT molecular complexity index is 901. The summed E-state index contributed by atoms with van der Waals surface area (Å²) in [5.41, 5.74) is 0.115. The van der Waals surface area contributed by atoms with Crippen molar-refractivity contribution in [2.24, 2.45) is 7.05 Å². The second-order valence-electron chi connectivity index (χ2n) is 5.88. The van der Waals surface area contributed by atoms with E-state index in [0.29, 0.717) is 25.0 Å². The molecule has 1 aromatic carbocycles. The van der Waals surface area contributed by atoms with Crippen LogP contribution in [0.2, 0.25) is 0 Å². The molecular weight excluding hydrogens is 311 g/mol. The summed E-state index contributed by atoms with van der Waals surface area (Å²) < 4.78 is 21.2. The number of piperazine rings is 1. The fraction of sp³-hybridized carbons (Fsp3) is 0.294. The normalized spacial score (nSPS) is 18.2. The summed E-state index contributed by atoms with van der Waals surface area (Å²) in [6.45, 7) is 1.85. The van der Waals surface area contributed by atoms with Crippen LogP contribution < -0.4 is 5.32 Å². The number of rotatable bonds is 2. The molecule has 1 fully saturated rings. The third-order valence-corrected chi connectivity index (χ3v) is 4.37. The van der Waals surface area contributed by atoms with Crippen LogP contribution in [0.3, 0.4) is 0 Å². The highest BCUT2D eigenvalue weighted by atomic mass is 19.1. The number of carbonyl (C=O) groups is 1. The van der Waals surface area contributed by atoms with Crippen LogP contribution in [0.5, 0.6) is 0 Å². The third-order valence-electron chi connectivity index (χ3n) is 4.37. The molecule has 124 valence electrons. The quantitative estimate of drug-likeness (QED) is 0.782. The summed E-state index contributed by atoms with van der Waals surface area (Å²) in [7, 11) is 1.90. The van der Waals surface area contributed by atoms with Crippen molar-refractivity contribution >= 4 is 16.9 Å². The number of imidazole rings is 1. The molecule has 3 heterocycles. The number of fused-ring (bicyclic) bond motifs is 1. The molecule has 0 radical (unpaired) electrons. The lowest BCUT2D eigenvalue weighted by Crippen LogP contribution is -2.49. The maximum Gasteiger partial charge on any atom is 0.290 e. The van der Waals surface area contributed by atoms with Gasteiger partial charge in [0.05, 0.1) is 0 Å². The highest BCUT2D eigenvalue weighted by molar-refractivity contribution is 5.96. The molecule has 0 spiro atoms. The minimum absolute atomic E-state index is 0.115. The number of halogens is 1. The molecule has 1 N–H and O–H groups in total. The van der Waals surface area contributed by atoms with Crippen LogP contribution in [0.1, 0.15) is 22.4 Å². The van der Waals surface area contributed by atoms with Crippen LogP contribution in [0, 0.1) is 5.82 Å². The SMILES string of the molecule is Cn1ccnc1C1CNCCN1C(=O)c1cc2cccc(F)c2o1. The standard InChI is InChI=1S/C17H17FN4O2/c1-21-7-6-20-16(21)13-10-19-5-8-22(13)17(23)14-9-11-3-2-4-12(18)15(11)24-14/h2-4,6-7,9,13,19H,5,8,10H2,1H3. The summed E-state index contributed by atoms with van der Waals surface area (Å²) in [5.74, 6) is 0.238. The average molecular weight is 328 g/mol. The monoisotopic (exact) mass is 328 g/mol. The molecule has 2 aromatic heterocycles. The molecule has 6 nitrogen and oxygen atoms in total. The molecule has 1 atom stereocenters. The van der Waals surface area contributed by atoms with Crippen molar-refractivity contribution in [1.29, 1.82) is 0 Å². The van der Waals surface area contributed by atoms with E-state index in [1.807, 2.05) is 17.8 Å². The van der Waals surface area contributed by atoms with Gasteiger partial charge in [-0.3, -0.25) is 4.79 Å². The van der Waals surface area contributed by atoms with Gasteiger partial charge in [-0.2, -0.15) is 0 Å². The molecule has 0 saturated carbocycles. The van der Waals surface area contributed by atoms with Gasteiger partial charge >= 0.3 is 0 Å². The number of carbonyl (C=O) groups excluding carboxylic acids is 1. The number of aryl methyl sites for hydroxylation is 1. The molecule has 7 heteroatoms. The number of aromatic nitrogens is 2. The first-order chi connectivity index (χ1) is 11.6. The maximum absolute atomic E-state index is 13.8. The molecule has 4 rings (SSSR count). The van der Waals surface area contributed by atoms with Gasteiger partial charge in [0.25, 0.3) is 5.91 Å². The first-order valence-corrected chi connectivity index (χ1v) is 7.82. The summed E-state index contributed by atoms with van der Waals surface area (Å²) in [4.78, 5) is 19.0. The highest BCUT2D eigenvalue weighted by Gasteiger charge is 2.32. The minimum atomic E-state index is -0.465. The van der Waals surface area contributed by atoms with Gasteiger partial charge in [-0.05, 0) is 12.1 Å². The van der Waals surface area contributed by atoms with Gasteiger partial charge in [-0.15, -0.1) is 0 Å². The minimum Gasteiger partial charge on any atom is -0.448 e. The Morgan fingerprint density at radius 2 is 2.33 bits per heavy atom. The Balaban J connectivity index is 1.70. The zero-order chi connectivity index (χ0) is 16.7. The van der Waals surface area contributed by atoms with E-state index in [9.17, 15) is 9.18 Å². The lowest BCUT2D eigenvalue weighted by Gasteiger charge is -2.35. The van der Waals surface area contributed by atoms with Gasteiger partial charge in [-0.1, -0.05) is 12.1 Å². The van der Waals surface area contributed by atoms with Gasteiger partial charge in [0.1, 0.15) is 11.9 Å². The summed E-state index contributed by atoms with van der Waals surface area (Å²) in [6.07, 6.45) is 3.56. The van der Waals surface area contributed by atoms with E-state index in [1.165, 1.54) is 6.07 Å². The van der Waals surface area contributed by atoms with E-state index >= 15 is 0 Å². The fourth-order valence-corrected chi connectivity index (χ4v) is 3.15. The molecule has 0 bridgehead atoms. The number of amides is 1. The Morgan fingerprint density at radius 1 is 1.46 bits per heavy atom. The molecule has 1 amide bonds. The molecule has 3 aromatic rings. The molecular formula is C17H17FN4O2. The van der Waals surface area contributed by atoms with Gasteiger partial charge in [0.15, 0.2) is 17.2 Å². The second kappa shape index (κ2) is 5.76. The first kappa shape index (κ1) is 14.9. The number of nitrogens with one attached hydrogen (secondary N) is 1. The van der Waals surface area contributed by atoms with E-state index in [-0.39, 0.29) is 23.3 Å². The predicted molar refractivity (Wildman–Crippen MR) is 86.0 cm³/mol. The fourth-order valence-electron chi connectivity index (χ4n) is 3.15. The predicted octanol–water partition coefficient (Wildman–Crippen LogP) is 2.09. The number of hydrogen-bond donors (Lipinski definition) is 1. The molecule has 24 heavy (non-hydrogen) atoms. The molecule has 1 aliphatic rings. The summed E-state index contributed by atoms with van der Waals surface area (Å²) in [5, 5.41) is 3.87. The van der Waals surface area contributed by atoms with E-state index < -0.39 is 5.82 Å². The molecule has 1 saturated heterocycles. The number of benzene rings is 1. The van der Waals surface area contributed by atoms with Crippen molar-refractivity contribution in [3.63, 3.8) is 0 Å². The van der Waals surface area contributed by atoms with E-state index in [1.54, 1.807) is 29.3 Å². The van der Waals surface area contributed by atoms with Crippen molar-refractivity contribution in [1.82, 2.24) is 19.8 Å². The number of hydrogen-bond acceptors (Lipinski definition) is 4. The van der Waals surface area contributed by atoms with E-state index in [0.717, 1.165) is 5.82 Å². The van der Waals surface area contributed by atoms with Crippen molar-refractivity contribution in [2.75, 3.05) is 19.6 Å². The molecule has 1 unspecified atom stereocenters. The lowest BCUT2D eigenvalue weighted by molar-refractivity contribution is 0.0590. The van der Waals surface area contributed by atoms with E-state index in [4.69, 9.17) is 4.42 Å². The Hall–Kier alpha value is -2.67. The van der Waals surface area contributed by atoms with Crippen molar-refractivity contribution in [3.05, 3.63) is 54.1 Å². The van der Waals surface area contributed by atoms with Gasteiger partial charge < -0.3 is 19.2 Å². The maximum atomic E-state index is 13.8. The molecule has 0 aliphatic carbocycles. The zero-order valence-electron chi connectivity index (χ0n) is 13.2. The van der Waals surface area contributed by atoms with Gasteiger partial charge in [-0.25, -0.2) is 9.37 Å². The first-order valence-electron chi connectivity index (χ1n) is 7.82. The second-order valence-corrected chi connectivity index (χ2v) is 5.88. The average Bonchev–Trinajstić information content (AvgIpc) is 3.21. The van der Waals surface area contributed by atoms with Crippen LogP contribution in [0.4, 0.5) is 4.39 Å². The largest absolute Gasteiger partial charge is 0.448 e. The van der Waals surface area contributed by atoms with Gasteiger partial charge in [0.2, 0.25) is 0 Å². The summed E-state index contributed by atoms with van der Waals surface area (Å²) in [6, 6.07) is 6.06. The smallest absolute Gasteiger partial charge is 0.290 e. The van der Waals surface area contributed by atoms with Crippen molar-refractivity contribution < 1.29 is 13.6 Å². The van der Waals surface area contributed by atoms with E-state index in [2.05, 4.69) is 10.3 Å². The van der Waals surface area contributed by atoms with Crippen molar-refractivity contribution in [2.45, 2.75) is 6.04 Å². The molecule has 1 aliphatic heterocycles. The zero-order valence-corrected chi connectivity index (χ0v) is 13.2. The Labute approximate surface area is 137 Å². The van der Waals surface area contributed by atoms with Crippen LogP contribution in [0.15, 0.2) is 41.1 Å². The number of nitrogens with zero attached hydrogens (tertiary/aromatic N) is 3. The van der Waals surface area contributed by atoms with Crippen LogP contribution in [-0.2, 0) is 7.05 Å². The van der Waals surface area contributed by atoms with Crippen LogP contribution in [-0.4, -0.2) is 40.0 Å². The Morgan fingerprint density at radius 3 is 3.08 bits per heavy atom. The van der Waals surface area contributed by atoms with Gasteiger partial charge in [0, 0.05) is 44.5 Å². The van der Waals surface area contributed by atoms with Crippen molar-refractivity contribution in [3.8, 4) is 0 Å². The summed E-state index contributed by atoms with van der Waals surface area (Å²) >= 11 is 0. The highest BCUT2D eigenvalue weighted by Crippen LogP contribution is 2.27. The number of para-hydroxylation sites is 1. The third kappa shape index (κ3) is 2.37. The lowest BCUT2D eigenvalue weighted by atomic mass is 10.1. The topological polar surface area (TPSA) is 63.3 Å². The number of furan rings is 1. The van der Waals surface area contributed by atoms with Crippen LogP contribution >= 0.6 is 0 Å². The Kier molecular flexibility index (Phi) is 3.57.